The minimum Gasteiger partial charge on any atom is -0.369 e. The van der Waals surface area contributed by atoms with Gasteiger partial charge in [-0.25, -0.2) is 18.7 Å². The van der Waals surface area contributed by atoms with Crippen molar-refractivity contribution in [3.8, 4) is 11.1 Å². The maximum absolute atomic E-state index is 14.2. The minimum atomic E-state index is -0.488. The Balaban J connectivity index is 1.49. The highest BCUT2D eigenvalue weighted by Crippen LogP contribution is 2.43. The summed E-state index contributed by atoms with van der Waals surface area (Å²) in [6.07, 6.45) is 7.34. The average Bonchev–Trinajstić information content (AvgIpc) is 2.70. The molecule has 0 radical (unpaired) electrons. The molecule has 1 amide bonds. The quantitative estimate of drug-likeness (QED) is 0.624. The molecule has 154 valence electrons. The van der Waals surface area contributed by atoms with Crippen LogP contribution < -0.4 is 11.1 Å². The molecule has 30 heavy (non-hydrogen) atoms. The van der Waals surface area contributed by atoms with Gasteiger partial charge in [0.2, 0.25) is 11.9 Å². The second-order valence-electron chi connectivity index (χ2n) is 7.57. The lowest BCUT2D eigenvalue weighted by Crippen LogP contribution is -2.42. The van der Waals surface area contributed by atoms with Crippen molar-refractivity contribution in [2.45, 2.75) is 31.1 Å². The van der Waals surface area contributed by atoms with Crippen molar-refractivity contribution in [3.05, 3.63) is 71.8 Å². The summed E-state index contributed by atoms with van der Waals surface area (Å²) in [6.45, 7) is 0.461. The van der Waals surface area contributed by atoms with E-state index in [2.05, 4.69) is 20.3 Å². The number of benzene rings is 1. The molecule has 0 aliphatic heterocycles. The van der Waals surface area contributed by atoms with Crippen molar-refractivity contribution in [3.63, 3.8) is 0 Å². The van der Waals surface area contributed by atoms with E-state index in [9.17, 15) is 13.6 Å². The van der Waals surface area contributed by atoms with E-state index < -0.39 is 11.7 Å². The highest BCUT2D eigenvalue weighted by molar-refractivity contribution is 5.77. The molecule has 0 atom stereocenters. The molecule has 2 aromatic heterocycles. The number of nitrogens with zero attached hydrogens (tertiary/aromatic N) is 3. The van der Waals surface area contributed by atoms with E-state index in [4.69, 9.17) is 5.73 Å². The summed E-state index contributed by atoms with van der Waals surface area (Å²) in [7, 11) is 0. The first-order valence-electron chi connectivity index (χ1n) is 9.71. The average molecular weight is 409 g/mol. The van der Waals surface area contributed by atoms with Crippen LogP contribution in [0.2, 0.25) is 0 Å². The zero-order valence-electron chi connectivity index (χ0n) is 16.2. The van der Waals surface area contributed by atoms with Gasteiger partial charge in [-0.3, -0.25) is 9.78 Å². The Kier molecular flexibility index (Phi) is 5.39. The number of primary amides is 1. The monoisotopic (exact) mass is 409 g/mol. The van der Waals surface area contributed by atoms with Crippen LogP contribution in [0, 0.1) is 11.6 Å². The molecule has 1 saturated carbocycles. The summed E-state index contributed by atoms with van der Waals surface area (Å²) in [6, 6.07) is 7.39. The fourth-order valence-corrected chi connectivity index (χ4v) is 3.79. The van der Waals surface area contributed by atoms with Crippen molar-refractivity contribution in [2.75, 3.05) is 11.9 Å². The smallest absolute Gasteiger partial charge is 0.222 e. The number of rotatable bonds is 7. The molecule has 0 unspecified atom stereocenters. The standard InChI is InChI=1S/C22H21F2N5O/c23-17-5-4-14(10-19(25)30)9-16(17)15-11-27-21(28-12-15)29-13-22(6-2-7-22)20-18(24)3-1-8-26-20/h1,3-5,8-9,11-12H,2,6-7,10,13H2,(H2,25,30)(H,27,28,29). The Morgan fingerprint density at radius 2 is 1.87 bits per heavy atom. The Morgan fingerprint density at radius 3 is 2.50 bits per heavy atom. The Bertz CT molecular complexity index is 1070. The normalized spacial score (nSPS) is 14.7. The molecule has 0 saturated heterocycles. The summed E-state index contributed by atoms with van der Waals surface area (Å²) < 4.78 is 28.5. The van der Waals surface area contributed by atoms with Crippen LogP contribution in [0.5, 0.6) is 0 Å². The van der Waals surface area contributed by atoms with Crippen LogP contribution in [0.4, 0.5) is 14.7 Å². The molecule has 1 fully saturated rings. The highest BCUT2D eigenvalue weighted by atomic mass is 19.1. The molecule has 0 spiro atoms. The van der Waals surface area contributed by atoms with Crippen LogP contribution >= 0.6 is 0 Å². The Labute approximate surface area is 172 Å². The number of nitrogens with two attached hydrogens (primary N) is 1. The lowest BCUT2D eigenvalue weighted by molar-refractivity contribution is -0.117. The second kappa shape index (κ2) is 8.14. The van der Waals surface area contributed by atoms with Crippen LogP contribution in [0.15, 0.2) is 48.9 Å². The van der Waals surface area contributed by atoms with Crippen LogP contribution in [-0.2, 0) is 16.6 Å². The first-order chi connectivity index (χ1) is 14.5. The summed E-state index contributed by atoms with van der Waals surface area (Å²) in [4.78, 5) is 23.9. The van der Waals surface area contributed by atoms with Gasteiger partial charge >= 0.3 is 0 Å². The molecular formula is C22H21F2N5O. The molecule has 2 heterocycles. The molecule has 3 aromatic rings. The van der Waals surface area contributed by atoms with Gasteiger partial charge in [0.1, 0.15) is 11.6 Å². The molecule has 1 aliphatic carbocycles. The molecule has 4 rings (SSSR count). The SMILES string of the molecule is NC(=O)Cc1ccc(F)c(-c2cnc(NCC3(c4ncccc4F)CCC3)nc2)c1. The molecule has 1 aliphatic rings. The number of carbonyl (C=O) groups is 1. The van der Waals surface area contributed by atoms with Gasteiger partial charge in [0.05, 0.1) is 12.1 Å². The Morgan fingerprint density at radius 1 is 1.10 bits per heavy atom. The molecule has 3 N–H and O–H groups in total. The van der Waals surface area contributed by atoms with Gasteiger partial charge in [-0.2, -0.15) is 0 Å². The number of nitrogens with one attached hydrogen (secondary N) is 1. The van der Waals surface area contributed by atoms with Gasteiger partial charge in [0, 0.05) is 41.7 Å². The largest absolute Gasteiger partial charge is 0.369 e. The predicted octanol–water partition coefficient (Wildman–Crippen LogP) is 3.38. The van der Waals surface area contributed by atoms with E-state index in [0.717, 1.165) is 19.3 Å². The third-order valence-corrected chi connectivity index (χ3v) is 5.53. The van der Waals surface area contributed by atoms with E-state index >= 15 is 0 Å². The van der Waals surface area contributed by atoms with Crippen molar-refractivity contribution >= 4 is 11.9 Å². The fourth-order valence-electron chi connectivity index (χ4n) is 3.79. The Hall–Kier alpha value is -3.42. The number of pyridine rings is 1. The fraction of sp³-hybridized carbons (Fsp3) is 0.273. The molecular weight excluding hydrogens is 388 g/mol. The molecule has 6 nitrogen and oxygen atoms in total. The van der Waals surface area contributed by atoms with Gasteiger partial charge < -0.3 is 11.1 Å². The van der Waals surface area contributed by atoms with Crippen LogP contribution in [0.25, 0.3) is 11.1 Å². The molecule has 0 bridgehead atoms. The van der Waals surface area contributed by atoms with E-state index in [-0.39, 0.29) is 17.7 Å². The number of carbonyl (C=O) groups excluding carboxylic acids is 1. The van der Waals surface area contributed by atoms with E-state index in [1.807, 2.05) is 0 Å². The van der Waals surface area contributed by atoms with E-state index in [1.54, 1.807) is 18.3 Å². The predicted molar refractivity (Wildman–Crippen MR) is 109 cm³/mol. The number of anilines is 1. The highest BCUT2D eigenvalue weighted by Gasteiger charge is 2.41. The number of hydrogen-bond donors (Lipinski definition) is 2. The van der Waals surface area contributed by atoms with Crippen molar-refractivity contribution in [1.82, 2.24) is 15.0 Å². The third-order valence-electron chi connectivity index (χ3n) is 5.53. The minimum absolute atomic E-state index is 0.0277. The van der Waals surface area contributed by atoms with Crippen LogP contribution in [0.3, 0.4) is 0 Å². The van der Waals surface area contributed by atoms with Gasteiger partial charge in [-0.05, 0) is 42.7 Å². The van der Waals surface area contributed by atoms with Gasteiger partial charge in [-0.15, -0.1) is 0 Å². The lowest BCUT2D eigenvalue weighted by Gasteiger charge is -2.41. The maximum Gasteiger partial charge on any atom is 0.222 e. The topological polar surface area (TPSA) is 93.8 Å². The first kappa shape index (κ1) is 19.9. The number of aromatic nitrogens is 3. The zero-order chi connectivity index (χ0) is 21.1. The van der Waals surface area contributed by atoms with E-state index in [1.165, 1.54) is 30.6 Å². The lowest BCUT2D eigenvalue weighted by atomic mass is 9.66. The number of halogens is 2. The third kappa shape index (κ3) is 3.98. The summed E-state index contributed by atoms with van der Waals surface area (Å²) in [5, 5.41) is 3.16. The van der Waals surface area contributed by atoms with Crippen LogP contribution in [0.1, 0.15) is 30.5 Å². The summed E-state index contributed by atoms with van der Waals surface area (Å²) in [5.41, 5.74) is 6.71. The second-order valence-corrected chi connectivity index (χ2v) is 7.57. The zero-order valence-corrected chi connectivity index (χ0v) is 16.2. The summed E-state index contributed by atoms with van der Waals surface area (Å²) >= 11 is 0. The molecule has 1 aromatic carbocycles. The van der Waals surface area contributed by atoms with Gasteiger partial charge in [0.25, 0.3) is 0 Å². The maximum atomic E-state index is 14.2. The number of amides is 1. The van der Waals surface area contributed by atoms with Crippen molar-refractivity contribution in [2.24, 2.45) is 5.73 Å². The first-order valence-corrected chi connectivity index (χ1v) is 9.71. The van der Waals surface area contributed by atoms with Crippen molar-refractivity contribution < 1.29 is 13.6 Å². The van der Waals surface area contributed by atoms with Crippen LogP contribution in [-0.4, -0.2) is 27.4 Å². The number of hydrogen-bond acceptors (Lipinski definition) is 5. The van der Waals surface area contributed by atoms with E-state index in [0.29, 0.717) is 34.9 Å². The molecule has 8 heteroatoms. The summed E-state index contributed by atoms with van der Waals surface area (Å²) in [5.74, 6) is -0.860. The van der Waals surface area contributed by atoms with Gasteiger partial charge in [0.15, 0.2) is 0 Å². The van der Waals surface area contributed by atoms with Crippen molar-refractivity contribution in [1.29, 1.82) is 0 Å². The van der Waals surface area contributed by atoms with Gasteiger partial charge in [-0.1, -0.05) is 12.5 Å².